The molecule has 0 heterocycles. The van der Waals surface area contributed by atoms with Crippen LogP contribution < -0.4 is 9.86 Å². The van der Waals surface area contributed by atoms with Crippen molar-refractivity contribution in [3.05, 3.63) is 39.9 Å². The van der Waals surface area contributed by atoms with Crippen LogP contribution in [-0.2, 0) is 16.8 Å². The van der Waals surface area contributed by atoms with Gasteiger partial charge in [-0.15, -0.1) is 0 Å². The van der Waals surface area contributed by atoms with Gasteiger partial charge in [0.2, 0.25) is 0 Å². The van der Waals surface area contributed by atoms with Gasteiger partial charge < -0.3 is 0 Å². The molecule has 15 heavy (non-hydrogen) atoms. The Morgan fingerprint density at radius 3 is 2.53 bits per heavy atom. The molecule has 0 unspecified atom stereocenters. The molecule has 0 aliphatic rings. The molecule has 0 aromatic heterocycles. The molecule has 0 aliphatic carbocycles. The number of rotatable bonds is 4. The zero-order valence-electron chi connectivity index (χ0n) is 7.58. The topological polar surface area (TPSA) is 115 Å². The molecule has 1 aromatic rings. The Hall–Kier alpha value is -1.51. The summed E-state index contributed by atoms with van der Waals surface area (Å²) >= 11 is 0. The second kappa shape index (κ2) is 4.34. The molecular weight excluding hydrogens is 222 g/mol. The molecule has 8 heteroatoms. The van der Waals surface area contributed by atoms with Crippen LogP contribution in [-0.4, -0.2) is 13.3 Å². The molecule has 7 nitrogen and oxygen atoms in total. The van der Waals surface area contributed by atoms with E-state index in [2.05, 4.69) is 0 Å². The van der Waals surface area contributed by atoms with Gasteiger partial charge in [-0.25, -0.2) is 5.14 Å². The number of nitrogens with one attached hydrogen (secondary N) is 1. The van der Waals surface area contributed by atoms with Crippen molar-refractivity contribution in [2.75, 3.05) is 0 Å². The van der Waals surface area contributed by atoms with E-state index in [4.69, 9.17) is 5.14 Å². The van der Waals surface area contributed by atoms with Crippen molar-refractivity contribution >= 4 is 15.9 Å². The highest BCUT2D eigenvalue weighted by atomic mass is 32.2. The molecular formula is C7H9N3O4S. The van der Waals surface area contributed by atoms with Gasteiger partial charge in [0.25, 0.3) is 15.9 Å². The zero-order chi connectivity index (χ0) is 11.5. The van der Waals surface area contributed by atoms with E-state index in [-0.39, 0.29) is 17.8 Å². The molecule has 0 saturated heterocycles. The summed E-state index contributed by atoms with van der Waals surface area (Å²) in [4.78, 5) is 9.96. The second-order valence-electron chi connectivity index (χ2n) is 2.75. The van der Waals surface area contributed by atoms with Crippen LogP contribution in [0.15, 0.2) is 24.3 Å². The van der Waals surface area contributed by atoms with Crippen molar-refractivity contribution in [3.8, 4) is 0 Å². The molecule has 0 fully saturated rings. The summed E-state index contributed by atoms with van der Waals surface area (Å²) in [6.45, 7) is -0.198. The van der Waals surface area contributed by atoms with Crippen molar-refractivity contribution in [3.63, 3.8) is 0 Å². The molecule has 82 valence electrons. The minimum absolute atomic E-state index is 0.145. The predicted octanol–water partition coefficient (Wildman–Crippen LogP) is -0.112. The SMILES string of the molecule is NS(=O)(=O)NCc1ccccc1[N+](=O)[O-]. The van der Waals surface area contributed by atoms with E-state index in [0.29, 0.717) is 0 Å². The monoisotopic (exact) mass is 231 g/mol. The lowest BCUT2D eigenvalue weighted by Crippen LogP contribution is -2.30. The maximum absolute atomic E-state index is 10.6. The number of hydrogen-bond acceptors (Lipinski definition) is 4. The van der Waals surface area contributed by atoms with Crippen molar-refractivity contribution < 1.29 is 13.3 Å². The first-order valence-corrected chi connectivity index (χ1v) is 5.44. The number of para-hydroxylation sites is 1. The maximum Gasteiger partial charge on any atom is 0.274 e. The smallest absolute Gasteiger partial charge is 0.258 e. The first-order valence-electron chi connectivity index (χ1n) is 3.90. The van der Waals surface area contributed by atoms with Crippen LogP contribution in [0.3, 0.4) is 0 Å². The van der Waals surface area contributed by atoms with Crippen LogP contribution in [0.25, 0.3) is 0 Å². The number of nitrogens with zero attached hydrogens (tertiary/aromatic N) is 1. The highest BCUT2D eigenvalue weighted by Gasteiger charge is 2.13. The normalized spacial score (nSPS) is 11.3. The highest BCUT2D eigenvalue weighted by molar-refractivity contribution is 7.87. The average molecular weight is 231 g/mol. The van der Waals surface area contributed by atoms with Gasteiger partial charge in [0.05, 0.1) is 4.92 Å². The summed E-state index contributed by atoms with van der Waals surface area (Å²) in [6.07, 6.45) is 0. The Morgan fingerprint density at radius 1 is 1.40 bits per heavy atom. The van der Waals surface area contributed by atoms with Crippen molar-refractivity contribution in [2.24, 2.45) is 5.14 Å². The number of nitrogens with two attached hydrogens (primary N) is 1. The lowest BCUT2D eigenvalue weighted by Gasteiger charge is -2.02. The molecule has 0 bridgehead atoms. The summed E-state index contributed by atoms with van der Waals surface area (Å²) in [5.41, 5.74) is 0.116. The van der Waals surface area contributed by atoms with E-state index in [1.165, 1.54) is 18.2 Å². The van der Waals surface area contributed by atoms with Gasteiger partial charge in [0.1, 0.15) is 0 Å². The first-order chi connectivity index (χ1) is 6.90. The highest BCUT2D eigenvalue weighted by Crippen LogP contribution is 2.16. The van der Waals surface area contributed by atoms with Crippen molar-refractivity contribution in [1.82, 2.24) is 4.72 Å². The van der Waals surface area contributed by atoms with E-state index in [9.17, 15) is 18.5 Å². The fourth-order valence-corrected chi connectivity index (χ4v) is 1.37. The molecule has 1 aromatic carbocycles. The van der Waals surface area contributed by atoms with Gasteiger partial charge in [-0.1, -0.05) is 18.2 Å². The summed E-state index contributed by atoms with van der Waals surface area (Å²) in [5, 5.41) is 15.2. The molecule has 0 saturated carbocycles. The van der Waals surface area contributed by atoms with Gasteiger partial charge in [0, 0.05) is 18.2 Å². The number of hydrogen-bond donors (Lipinski definition) is 2. The van der Waals surface area contributed by atoms with Gasteiger partial charge in [-0.05, 0) is 0 Å². The molecule has 0 atom stereocenters. The van der Waals surface area contributed by atoms with Gasteiger partial charge in [-0.2, -0.15) is 13.1 Å². The average Bonchev–Trinajstić information content (AvgIpc) is 2.14. The zero-order valence-corrected chi connectivity index (χ0v) is 8.40. The summed E-state index contributed by atoms with van der Waals surface area (Å²) in [5.74, 6) is 0. The Morgan fingerprint density at radius 2 is 2.00 bits per heavy atom. The van der Waals surface area contributed by atoms with E-state index in [1.54, 1.807) is 6.07 Å². The van der Waals surface area contributed by atoms with E-state index in [1.807, 2.05) is 4.72 Å². The van der Waals surface area contributed by atoms with E-state index in [0.717, 1.165) is 0 Å². The lowest BCUT2D eigenvalue weighted by atomic mass is 10.2. The fraction of sp³-hybridized carbons (Fsp3) is 0.143. The van der Waals surface area contributed by atoms with Crippen LogP contribution in [0.2, 0.25) is 0 Å². The van der Waals surface area contributed by atoms with Gasteiger partial charge >= 0.3 is 0 Å². The third-order valence-corrected chi connectivity index (χ3v) is 2.20. The third kappa shape index (κ3) is 3.62. The molecule has 0 radical (unpaired) electrons. The van der Waals surface area contributed by atoms with Crippen LogP contribution in [0.5, 0.6) is 0 Å². The Bertz CT molecular complexity index is 471. The standard InChI is InChI=1S/C7H9N3O4S/c8-15(13,14)9-5-6-3-1-2-4-7(6)10(11)12/h1-4,9H,5H2,(H2,8,13,14). The number of benzene rings is 1. The fourth-order valence-electron chi connectivity index (χ4n) is 1.02. The predicted molar refractivity (Wildman–Crippen MR) is 53.0 cm³/mol. The molecule has 3 N–H and O–H groups in total. The Balaban J connectivity index is 2.90. The number of nitro benzene ring substituents is 1. The quantitative estimate of drug-likeness (QED) is 0.555. The van der Waals surface area contributed by atoms with E-state index < -0.39 is 15.1 Å². The van der Waals surface area contributed by atoms with E-state index >= 15 is 0 Å². The Labute approximate surface area is 86.2 Å². The van der Waals surface area contributed by atoms with Crippen LogP contribution in [0, 0.1) is 10.1 Å². The summed E-state index contributed by atoms with van der Waals surface area (Å²) in [6, 6.07) is 5.82. The lowest BCUT2D eigenvalue weighted by molar-refractivity contribution is -0.385. The van der Waals surface area contributed by atoms with Crippen LogP contribution in [0.1, 0.15) is 5.56 Å². The maximum atomic E-state index is 10.6. The minimum atomic E-state index is -3.84. The first kappa shape index (κ1) is 11.6. The summed E-state index contributed by atoms with van der Waals surface area (Å²) < 4.78 is 23.1. The van der Waals surface area contributed by atoms with Crippen LogP contribution in [0.4, 0.5) is 5.69 Å². The molecule has 0 aliphatic heterocycles. The van der Waals surface area contributed by atoms with Gasteiger partial charge in [-0.3, -0.25) is 10.1 Å². The second-order valence-corrected chi connectivity index (χ2v) is 4.13. The number of nitro groups is 1. The molecule has 1 rings (SSSR count). The summed E-state index contributed by atoms with van der Waals surface area (Å²) in [7, 11) is -3.84. The molecule has 0 spiro atoms. The third-order valence-electron chi connectivity index (χ3n) is 1.65. The largest absolute Gasteiger partial charge is 0.274 e. The van der Waals surface area contributed by atoms with Gasteiger partial charge in [0.15, 0.2) is 0 Å². The minimum Gasteiger partial charge on any atom is -0.258 e. The Kier molecular flexibility index (Phi) is 3.35. The molecule has 0 amide bonds. The van der Waals surface area contributed by atoms with Crippen molar-refractivity contribution in [2.45, 2.75) is 6.54 Å². The van der Waals surface area contributed by atoms with Crippen LogP contribution >= 0.6 is 0 Å². The van der Waals surface area contributed by atoms with Crippen molar-refractivity contribution in [1.29, 1.82) is 0 Å².